The molecule has 2 heteroatoms. The Morgan fingerprint density at radius 1 is 1.00 bits per heavy atom. The first kappa shape index (κ1) is 16.1. The Kier molecular flexibility index (Phi) is 14.6. The summed E-state index contributed by atoms with van der Waals surface area (Å²) in [6.07, 6.45) is 2.00. The maximum absolute atomic E-state index is 5.08. The number of hydrogen-bond acceptors (Lipinski definition) is 2. The van der Waals surface area contributed by atoms with E-state index in [1.807, 2.05) is 64.3 Å². The lowest BCUT2D eigenvalue weighted by Gasteiger charge is -1.96. The van der Waals surface area contributed by atoms with E-state index in [0.717, 1.165) is 9.76 Å². The molecular weight excluding hydrogens is 208 g/mol. The molecule has 0 unspecified atom stereocenters. The Hall–Kier alpha value is -0.340. The van der Waals surface area contributed by atoms with Crippen molar-refractivity contribution >= 4 is 28.2 Å². The summed E-state index contributed by atoms with van der Waals surface area (Å²) in [5.41, 5.74) is 1.14. The van der Waals surface area contributed by atoms with Crippen LogP contribution in [-0.2, 0) is 0 Å². The maximum atomic E-state index is 5.08. The summed E-state index contributed by atoms with van der Waals surface area (Å²) in [5, 5.41) is 0. The number of thiocarbonyl (C=S) groups is 1. The minimum Gasteiger partial charge on any atom is -0.117 e. The van der Waals surface area contributed by atoms with Gasteiger partial charge in [-0.1, -0.05) is 70.2 Å². The van der Waals surface area contributed by atoms with Gasteiger partial charge in [-0.25, -0.2) is 0 Å². The van der Waals surface area contributed by atoms with E-state index < -0.39 is 0 Å². The molecule has 1 aromatic carbocycles. The average Bonchev–Trinajstić information content (AvgIpc) is 2.34. The van der Waals surface area contributed by atoms with Crippen LogP contribution in [-0.4, -0.2) is 10.5 Å². The molecule has 0 radical (unpaired) electrons. The summed E-state index contributed by atoms with van der Waals surface area (Å²) in [6.45, 7) is 8.00. The number of rotatable bonds is 1. The fraction of sp³-hybridized carbons (Fsp3) is 0.417. The molecule has 0 bridgehead atoms. The second-order valence-electron chi connectivity index (χ2n) is 1.86. The van der Waals surface area contributed by atoms with Gasteiger partial charge in [0, 0.05) is 0 Å². The molecule has 0 atom stereocenters. The van der Waals surface area contributed by atoms with Crippen molar-refractivity contribution < 1.29 is 0 Å². The SMILES string of the molecule is CC.CC.CSC(=S)c1ccccc1. The molecule has 0 aliphatic rings. The molecule has 0 spiro atoms. The predicted octanol–water partition coefficient (Wildman–Crippen LogP) is 4.78. The molecular formula is C12H20S2. The lowest BCUT2D eigenvalue weighted by atomic mass is 10.2. The van der Waals surface area contributed by atoms with Crippen molar-refractivity contribution in [2.45, 2.75) is 27.7 Å². The standard InChI is InChI=1S/C8H8S2.2C2H6/c1-10-8(9)7-5-3-2-4-6-7;2*1-2/h2-6H,1H3;2*1-2H3. The van der Waals surface area contributed by atoms with Crippen LogP contribution in [0.3, 0.4) is 0 Å². The van der Waals surface area contributed by atoms with Crippen LogP contribution in [0.15, 0.2) is 30.3 Å². The lowest BCUT2D eigenvalue weighted by molar-refractivity contribution is 1.50. The third-order valence-corrected chi connectivity index (χ3v) is 2.54. The first-order valence-electron chi connectivity index (χ1n) is 4.98. The second kappa shape index (κ2) is 12.7. The van der Waals surface area contributed by atoms with E-state index in [1.165, 1.54) is 0 Å². The normalized spacial score (nSPS) is 7.50. The molecule has 80 valence electrons. The zero-order valence-electron chi connectivity index (χ0n) is 9.70. The van der Waals surface area contributed by atoms with Gasteiger partial charge in [0.1, 0.15) is 0 Å². The van der Waals surface area contributed by atoms with Gasteiger partial charge in [-0.05, 0) is 11.8 Å². The van der Waals surface area contributed by atoms with Gasteiger partial charge in [-0.15, -0.1) is 11.8 Å². The van der Waals surface area contributed by atoms with E-state index in [0.29, 0.717) is 0 Å². The third kappa shape index (κ3) is 7.10. The Labute approximate surface area is 98.1 Å². The molecule has 0 saturated carbocycles. The summed E-state index contributed by atoms with van der Waals surface area (Å²) >= 11 is 6.69. The van der Waals surface area contributed by atoms with Crippen molar-refractivity contribution in [1.29, 1.82) is 0 Å². The second-order valence-corrected chi connectivity index (χ2v) is 3.34. The molecule has 1 rings (SSSR count). The monoisotopic (exact) mass is 228 g/mol. The van der Waals surface area contributed by atoms with Crippen LogP contribution < -0.4 is 0 Å². The Morgan fingerprint density at radius 3 is 1.79 bits per heavy atom. The molecule has 14 heavy (non-hydrogen) atoms. The highest BCUT2D eigenvalue weighted by atomic mass is 32.2. The highest BCUT2D eigenvalue weighted by molar-refractivity contribution is 8.23. The lowest BCUT2D eigenvalue weighted by Crippen LogP contribution is -1.87. The van der Waals surface area contributed by atoms with Gasteiger partial charge in [0.25, 0.3) is 0 Å². The molecule has 1 aromatic rings. The van der Waals surface area contributed by atoms with Crippen LogP contribution >= 0.6 is 24.0 Å². The maximum Gasteiger partial charge on any atom is 0.0775 e. The molecule has 0 aliphatic heterocycles. The van der Waals surface area contributed by atoms with Gasteiger partial charge in [0.05, 0.1) is 4.20 Å². The fourth-order valence-electron chi connectivity index (χ4n) is 0.692. The van der Waals surface area contributed by atoms with Crippen LogP contribution in [0.4, 0.5) is 0 Å². The minimum atomic E-state index is 0.959. The zero-order valence-corrected chi connectivity index (χ0v) is 11.3. The van der Waals surface area contributed by atoms with Gasteiger partial charge in [0.15, 0.2) is 0 Å². The van der Waals surface area contributed by atoms with Crippen molar-refractivity contribution in [1.82, 2.24) is 0 Å². The van der Waals surface area contributed by atoms with Crippen LogP contribution in [0.2, 0.25) is 0 Å². The van der Waals surface area contributed by atoms with E-state index in [2.05, 4.69) is 0 Å². The zero-order chi connectivity index (χ0) is 11.4. The van der Waals surface area contributed by atoms with Crippen LogP contribution in [0, 0.1) is 0 Å². The Morgan fingerprint density at radius 2 is 1.43 bits per heavy atom. The summed E-state index contributed by atoms with van der Waals surface area (Å²) in [5.74, 6) is 0. The predicted molar refractivity (Wildman–Crippen MR) is 74.4 cm³/mol. The van der Waals surface area contributed by atoms with Crippen molar-refractivity contribution in [3.63, 3.8) is 0 Å². The molecule has 0 amide bonds. The minimum absolute atomic E-state index is 0.959. The molecule has 0 nitrogen and oxygen atoms in total. The average molecular weight is 228 g/mol. The van der Waals surface area contributed by atoms with Gasteiger partial charge >= 0.3 is 0 Å². The van der Waals surface area contributed by atoms with Crippen molar-refractivity contribution in [3.8, 4) is 0 Å². The molecule has 0 aromatic heterocycles. The Bertz CT molecular complexity index is 217. The smallest absolute Gasteiger partial charge is 0.0775 e. The largest absolute Gasteiger partial charge is 0.117 e. The van der Waals surface area contributed by atoms with E-state index in [4.69, 9.17) is 12.2 Å². The highest BCUT2D eigenvalue weighted by Crippen LogP contribution is 2.09. The van der Waals surface area contributed by atoms with Gasteiger partial charge in [-0.2, -0.15) is 0 Å². The number of hydrogen-bond donors (Lipinski definition) is 0. The van der Waals surface area contributed by atoms with Gasteiger partial charge < -0.3 is 0 Å². The molecule has 0 heterocycles. The first-order valence-corrected chi connectivity index (χ1v) is 6.61. The van der Waals surface area contributed by atoms with E-state index in [1.54, 1.807) is 11.8 Å². The topological polar surface area (TPSA) is 0 Å². The van der Waals surface area contributed by atoms with Crippen molar-refractivity contribution in [2.75, 3.05) is 6.26 Å². The summed E-state index contributed by atoms with van der Waals surface area (Å²) in [4.78, 5) is 0. The quantitative estimate of drug-likeness (QED) is 0.635. The fourth-order valence-corrected chi connectivity index (χ4v) is 1.20. The van der Waals surface area contributed by atoms with Gasteiger partial charge in [0.2, 0.25) is 0 Å². The van der Waals surface area contributed by atoms with Crippen LogP contribution in [0.25, 0.3) is 0 Å². The van der Waals surface area contributed by atoms with E-state index >= 15 is 0 Å². The highest BCUT2D eigenvalue weighted by Gasteiger charge is 1.94. The van der Waals surface area contributed by atoms with E-state index in [-0.39, 0.29) is 0 Å². The van der Waals surface area contributed by atoms with Gasteiger partial charge in [-0.3, -0.25) is 0 Å². The molecule has 0 saturated heterocycles. The summed E-state index contributed by atoms with van der Waals surface area (Å²) < 4.78 is 0.959. The molecule has 0 N–H and O–H groups in total. The number of benzene rings is 1. The third-order valence-electron chi connectivity index (χ3n) is 1.19. The van der Waals surface area contributed by atoms with Crippen molar-refractivity contribution in [3.05, 3.63) is 35.9 Å². The summed E-state index contributed by atoms with van der Waals surface area (Å²) in [7, 11) is 0. The first-order chi connectivity index (χ1) is 6.84. The molecule has 0 fully saturated rings. The molecule has 0 aliphatic carbocycles. The van der Waals surface area contributed by atoms with E-state index in [9.17, 15) is 0 Å². The summed E-state index contributed by atoms with van der Waals surface area (Å²) in [6, 6.07) is 10.0. The van der Waals surface area contributed by atoms with Crippen LogP contribution in [0.1, 0.15) is 33.3 Å². The Balaban J connectivity index is 0. The van der Waals surface area contributed by atoms with Crippen molar-refractivity contribution in [2.24, 2.45) is 0 Å². The number of thioether (sulfide) groups is 1. The van der Waals surface area contributed by atoms with Crippen LogP contribution in [0.5, 0.6) is 0 Å².